The van der Waals surface area contributed by atoms with Crippen molar-refractivity contribution in [1.29, 1.82) is 0 Å². The van der Waals surface area contributed by atoms with Crippen LogP contribution in [0.3, 0.4) is 0 Å². The molecule has 0 aliphatic heterocycles. The lowest BCUT2D eigenvalue weighted by Crippen LogP contribution is -1.89. The van der Waals surface area contributed by atoms with Crippen LogP contribution in [0.2, 0.25) is 0 Å². The van der Waals surface area contributed by atoms with Crippen molar-refractivity contribution in [2.24, 2.45) is 0 Å². The van der Waals surface area contributed by atoms with Gasteiger partial charge in [-0.25, -0.2) is 4.98 Å². The van der Waals surface area contributed by atoms with Crippen LogP contribution in [0.1, 0.15) is 19.4 Å². The highest BCUT2D eigenvalue weighted by atomic mass is 14.8. The van der Waals surface area contributed by atoms with E-state index in [1.165, 1.54) is 0 Å². The fourth-order valence-electron chi connectivity index (χ4n) is 1.27. The molecule has 3 N–H and O–H groups in total. The van der Waals surface area contributed by atoms with Gasteiger partial charge in [0.2, 0.25) is 0 Å². The number of aromatic nitrogens is 2. The molecule has 0 aliphatic rings. The Hall–Kier alpha value is -1.51. The molecule has 0 aromatic carbocycles. The van der Waals surface area contributed by atoms with Crippen molar-refractivity contribution in [3.8, 4) is 0 Å². The van der Waals surface area contributed by atoms with Gasteiger partial charge in [0, 0.05) is 17.8 Å². The van der Waals surface area contributed by atoms with E-state index in [1.54, 1.807) is 6.20 Å². The molecule has 2 aromatic heterocycles. The number of nitrogen functional groups attached to an aromatic ring is 1. The van der Waals surface area contributed by atoms with E-state index in [9.17, 15) is 0 Å². The summed E-state index contributed by atoms with van der Waals surface area (Å²) in [4.78, 5) is 7.11. The molecule has 2 rings (SSSR count). The molecule has 2 aromatic rings. The van der Waals surface area contributed by atoms with E-state index in [4.69, 9.17) is 5.73 Å². The van der Waals surface area contributed by atoms with Gasteiger partial charge in [0.1, 0.15) is 5.82 Å². The Kier molecular flexibility index (Phi) is 2.90. The molecule has 70 valence electrons. The van der Waals surface area contributed by atoms with Crippen molar-refractivity contribution in [1.82, 2.24) is 9.97 Å². The van der Waals surface area contributed by atoms with Gasteiger partial charge in [0.15, 0.2) is 0 Å². The van der Waals surface area contributed by atoms with E-state index in [0.717, 1.165) is 16.5 Å². The molecule has 13 heavy (non-hydrogen) atoms. The fourth-order valence-corrected chi connectivity index (χ4v) is 1.27. The van der Waals surface area contributed by atoms with Crippen molar-refractivity contribution >= 4 is 16.7 Å². The maximum Gasteiger partial charge on any atom is 0.133 e. The number of rotatable bonds is 0. The first kappa shape index (κ1) is 9.58. The van der Waals surface area contributed by atoms with E-state index in [0.29, 0.717) is 5.82 Å². The van der Waals surface area contributed by atoms with Crippen LogP contribution in [0.15, 0.2) is 18.5 Å². The van der Waals surface area contributed by atoms with Gasteiger partial charge in [-0.1, -0.05) is 13.8 Å². The maximum atomic E-state index is 5.67. The molecule has 3 nitrogen and oxygen atoms in total. The quantitative estimate of drug-likeness (QED) is 0.649. The Bertz CT molecular complexity index is 390. The zero-order valence-electron chi connectivity index (χ0n) is 8.26. The molecular formula is C10H15N3. The van der Waals surface area contributed by atoms with Crippen molar-refractivity contribution in [2.75, 3.05) is 5.73 Å². The number of aromatic amines is 1. The smallest absolute Gasteiger partial charge is 0.133 e. The monoisotopic (exact) mass is 177 g/mol. The van der Waals surface area contributed by atoms with Crippen LogP contribution in [0.5, 0.6) is 0 Å². The summed E-state index contributed by atoms with van der Waals surface area (Å²) in [5.41, 5.74) is 7.87. The molecule has 0 atom stereocenters. The molecule has 0 amide bonds. The van der Waals surface area contributed by atoms with Crippen molar-refractivity contribution in [3.05, 3.63) is 24.0 Å². The number of fused-ring (bicyclic) bond motifs is 1. The largest absolute Gasteiger partial charge is 0.383 e. The summed E-state index contributed by atoms with van der Waals surface area (Å²) in [7, 11) is 0. The number of H-pyrrole nitrogens is 1. The first-order valence-electron chi connectivity index (χ1n) is 4.47. The number of nitrogens with zero attached hydrogens (tertiary/aromatic N) is 1. The first-order chi connectivity index (χ1) is 6.29. The standard InChI is InChI=1S/C8H9N3.C2H6/c1-5-4-11-6-2-3-10-8(9)7(5)6;1-2/h2-4,11H,1H3,(H2,9,10);1-2H3. The molecule has 0 unspecified atom stereocenters. The SMILES string of the molecule is CC.Cc1c[nH]c2ccnc(N)c12. The second-order valence-electron chi connectivity index (χ2n) is 2.59. The Labute approximate surface area is 78.0 Å². The third kappa shape index (κ3) is 1.64. The molecule has 3 heteroatoms. The van der Waals surface area contributed by atoms with Gasteiger partial charge in [0.05, 0.1) is 5.52 Å². The van der Waals surface area contributed by atoms with Crippen LogP contribution in [0.25, 0.3) is 10.9 Å². The molecule has 0 aliphatic carbocycles. The minimum atomic E-state index is 0.598. The number of nitrogens with one attached hydrogen (secondary N) is 1. The average molecular weight is 177 g/mol. The van der Waals surface area contributed by atoms with Crippen LogP contribution >= 0.6 is 0 Å². The third-order valence-corrected chi connectivity index (χ3v) is 1.82. The Balaban J connectivity index is 0.000000396. The molecule has 2 heterocycles. The average Bonchev–Trinajstić information content (AvgIpc) is 2.53. The number of aryl methyl sites for hydroxylation is 1. The summed E-state index contributed by atoms with van der Waals surface area (Å²) in [6.07, 6.45) is 3.64. The van der Waals surface area contributed by atoms with Crippen LogP contribution in [-0.2, 0) is 0 Å². The highest BCUT2D eigenvalue weighted by Gasteiger charge is 2.01. The van der Waals surface area contributed by atoms with Gasteiger partial charge < -0.3 is 10.7 Å². The van der Waals surface area contributed by atoms with Crippen LogP contribution in [0.4, 0.5) is 5.82 Å². The number of hydrogen-bond acceptors (Lipinski definition) is 2. The van der Waals surface area contributed by atoms with Crippen LogP contribution in [0, 0.1) is 6.92 Å². The predicted molar refractivity (Wildman–Crippen MR) is 56.6 cm³/mol. The highest BCUT2D eigenvalue weighted by Crippen LogP contribution is 2.20. The Morgan fingerprint density at radius 3 is 2.69 bits per heavy atom. The lowest BCUT2D eigenvalue weighted by Gasteiger charge is -1.94. The Morgan fingerprint density at radius 1 is 1.38 bits per heavy atom. The lowest BCUT2D eigenvalue weighted by atomic mass is 10.2. The van der Waals surface area contributed by atoms with E-state index in [2.05, 4.69) is 9.97 Å². The predicted octanol–water partition coefficient (Wildman–Crippen LogP) is 2.48. The molecule has 0 fully saturated rings. The number of hydrogen-bond donors (Lipinski definition) is 2. The molecular weight excluding hydrogens is 162 g/mol. The zero-order chi connectivity index (χ0) is 9.84. The highest BCUT2D eigenvalue weighted by molar-refractivity contribution is 5.91. The van der Waals surface area contributed by atoms with Gasteiger partial charge in [-0.15, -0.1) is 0 Å². The summed E-state index contributed by atoms with van der Waals surface area (Å²) < 4.78 is 0. The first-order valence-corrected chi connectivity index (χ1v) is 4.47. The van der Waals surface area contributed by atoms with E-state index in [-0.39, 0.29) is 0 Å². The second kappa shape index (κ2) is 3.94. The van der Waals surface area contributed by atoms with Gasteiger partial charge in [-0.2, -0.15) is 0 Å². The van der Waals surface area contributed by atoms with Crippen molar-refractivity contribution in [3.63, 3.8) is 0 Å². The van der Waals surface area contributed by atoms with Crippen LogP contribution in [-0.4, -0.2) is 9.97 Å². The van der Waals surface area contributed by atoms with Crippen molar-refractivity contribution < 1.29 is 0 Å². The molecule has 0 saturated heterocycles. The van der Waals surface area contributed by atoms with Gasteiger partial charge in [-0.3, -0.25) is 0 Å². The van der Waals surface area contributed by atoms with E-state index >= 15 is 0 Å². The summed E-state index contributed by atoms with van der Waals surface area (Å²) in [5, 5.41) is 1.03. The number of anilines is 1. The summed E-state index contributed by atoms with van der Waals surface area (Å²) in [6, 6.07) is 1.92. The van der Waals surface area contributed by atoms with E-state index in [1.807, 2.05) is 33.0 Å². The van der Waals surface area contributed by atoms with Crippen LogP contribution < -0.4 is 5.73 Å². The molecule has 0 radical (unpaired) electrons. The lowest BCUT2D eigenvalue weighted by molar-refractivity contribution is 1.36. The van der Waals surface area contributed by atoms with Gasteiger partial charge in [-0.05, 0) is 18.6 Å². The minimum Gasteiger partial charge on any atom is -0.383 e. The zero-order valence-corrected chi connectivity index (χ0v) is 8.26. The third-order valence-electron chi connectivity index (χ3n) is 1.82. The van der Waals surface area contributed by atoms with E-state index < -0.39 is 0 Å². The summed E-state index contributed by atoms with van der Waals surface area (Å²) >= 11 is 0. The summed E-state index contributed by atoms with van der Waals surface area (Å²) in [5.74, 6) is 0.598. The number of pyridine rings is 1. The van der Waals surface area contributed by atoms with Crippen molar-refractivity contribution in [2.45, 2.75) is 20.8 Å². The Morgan fingerprint density at radius 2 is 2.08 bits per heavy atom. The number of nitrogens with two attached hydrogens (primary N) is 1. The van der Waals surface area contributed by atoms with Gasteiger partial charge >= 0.3 is 0 Å². The normalized spacial score (nSPS) is 9.46. The molecule has 0 spiro atoms. The molecule has 0 bridgehead atoms. The topological polar surface area (TPSA) is 54.7 Å². The minimum absolute atomic E-state index is 0.598. The van der Waals surface area contributed by atoms with Gasteiger partial charge in [0.25, 0.3) is 0 Å². The second-order valence-corrected chi connectivity index (χ2v) is 2.59. The summed E-state index contributed by atoms with van der Waals surface area (Å²) in [6.45, 7) is 6.01. The maximum absolute atomic E-state index is 5.67. The fraction of sp³-hybridized carbons (Fsp3) is 0.300. The molecule has 0 saturated carbocycles.